The van der Waals surface area contributed by atoms with E-state index in [1.807, 2.05) is 0 Å². The molecule has 7 nitrogen and oxygen atoms in total. The average Bonchev–Trinajstić information content (AvgIpc) is 3.16. The van der Waals surface area contributed by atoms with Crippen LogP contribution in [0.3, 0.4) is 0 Å². The van der Waals surface area contributed by atoms with Gasteiger partial charge in [-0.3, -0.25) is 4.79 Å². The van der Waals surface area contributed by atoms with Crippen LogP contribution >= 0.6 is 0 Å². The highest BCUT2D eigenvalue weighted by Gasteiger charge is 2.38. The van der Waals surface area contributed by atoms with Gasteiger partial charge in [-0.25, -0.2) is 0 Å². The Bertz CT molecular complexity index is 974. The first kappa shape index (κ1) is 26.0. The first-order chi connectivity index (χ1) is 15.9. The second kappa shape index (κ2) is 10.3. The predicted molar refractivity (Wildman–Crippen MR) is 106 cm³/mol. The van der Waals surface area contributed by atoms with E-state index in [9.17, 15) is 41.4 Å². The van der Waals surface area contributed by atoms with Crippen molar-refractivity contribution in [3.63, 3.8) is 0 Å². The third kappa shape index (κ3) is 6.48. The number of hydrogen-bond donors (Lipinski definition) is 4. The fourth-order valence-corrected chi connectivity index (χ4v) is 3.69. The molecule has 188 valence electrons. The highest BCUT2D eigenvalue weighted by atomic mass is 19.4. The Kier molecular flexibility index (Phi) is 7.88. The Morgan fingerprint density at radius 3 is 2.41 bits per heavy atom. The highest BCUT2D eigenvalue weighted by molar-refractivity contribution is 5.95. The number of halogens is 6. The maximum Gasteiger partial charge on any atom is 0.416 e. The molecule has 3 rings (SSSR count). The van der Waals surface area contributed by atoms with Crippen LogP contribution in [0.4, 0.5) is 26.3 Å². The van der Waals surface area contributed by atoms with Gasteiger partial charge in [0.25, 0.3) is 5.91 Å². The normalized spacial score (nSPS) is 20.2. The summed E-state index contributed by atoms with van der Waals surface area (Å²) in [7, 11) is 0. The zero-order chi connectivity index (χ0) is 25.1. The SMILES string of the molecule is O=C(N[C@@H]1CCC[C@H](O)C1)c1noc(-c2ccc(C(F)(F)F)cc2)c1CNCC(O)C(F)(F)F. The van der Waals surface area contributed by atoms with Gasteiger partial charge in [-0.05, 0) is 37.8 Å². The molecule has 4 N–H and O–H groups in total. The lowest BCUT2D eigenvalue weighted by Crippen LogP contribution is -2.40. The molecule has 0 saturated heterocycles. The molecule has 1 aromatic carbocycles. The number of nitrogens with zero attached hydrogens (tertiary/aromatic N) is 1. The Balaban J connectivity index is 1.85. The fourth-order valence-electron chi connectivity index (χ4n) is 3.69. The lowest BCUT2D eigenvalue weighted by molar-refractivity contribution is -0.201. The molecule has 1 aliphatic carbocycles. The molecular weight excluding hydrogens is 472 g/mol. The summed E-state index contributed by atoms with van der Waals surface area (Å²) in [6, 6.07) is 3.43. The van der Waals surface area contributed by atoms with Crippen LogP contribution in [0.2, 0.25) is 0 Å². The van der Waals surface area contributed by atoms with E-state index in [1.54, 1.807) is 0 Å². The van der Waals surface area contributed by atoms with Gasteiger partial charge in [0.1, 0.15) is 0 Å². The number of carbonyl (C=O) groups excluding carboxylic acids is 1. The summed E-state index contributed by atoms with van der Waals surface area (Å²) in [5.41, 5.74) is -1.04. The minimum Gasteiger partial charge on any atom is -0.393 e. The summed E-state index contributed by atoms with van der Waals surface area (Å²) in [6.07, 6.45) is -10.5. The summed E-state index contributed by atoms with van der Waals surface area (Å²) < 4.78 is 81.6. The monoisotopic (exact) mass is 495 g/mol. The lowest BCUT2D eigenvalue weighted by atomic mass is 9.93. The number of benzene rings is 1. The van der Waals surface area contributed by atoms with Crippen LogP contribution in [-0.4, -0.2) is 52.2 Å². The number of aliphatic hydroxyl groups is 2. The summed E-state index contributed by atoms with van der Waals surface area (Å²) >= 11 is 0. The molecule has 2 aromatic rings. The van der Waals surface area contributed by atoms with Crippen molar-refractivity contribution in [1.29, 1.82) is 0 Å². The number of hydrogen-bond acceptors (Lipinski definition) is 6. The minimum absolute atomic E-state index is 0.0167. The third-order valence-corrected chi connectivity index (χ3v) is 5.48. The average molecular weight is 495 g/mol. The van der Waals surface area contributed by atoms with Crippen molar-refractivity contribution < 1.29 is 45.9 Å². The predicted octanol–water partition coefficient (Wildman–Crippen LogP) is 3.41. The molecule has 13 heteroatoms. The second-order valence-electron chi connectivity index (χ2n) is 8.09. The largest absolute Gasteiger partial charge is 0.416 e. The summed E-state index contributed by atoms with van der Waals surface area (Å²) in [5.74, 6) is -0.800. The molecule has 1 amide bonds. The molecule has 0 bridgehead atoms. The van der Waals surface area contributed by atoms with Gasteiger partial charge in [-0.2, -0.15) is 26.3 Å². The van der Waals surface area contributed by atoms with Crippen molar-refractivity contribution in [3.8, 4) is 11.3 Å². The molecule has 3 atom stereocenters. The Morgan fingerprint density at radius 2 is 1.82 bits per heavy atom. The molecule has 0 radical (unpaired) electrons. The van der Waals surface area contributed by atoms with Gasteiger partial charge in [-0.15, -0.1) is 0 Å². The van der Waals surface area contributed by atoms with Crippen LogP contribution in [0.25, 0.3) is 11.3 Å². The summed E-state index contributed by atoms with van der Waals surface area (Å²) in [6.45, 7) is -1.28. The first-order valence-corrected chi connectivity index (χ1v) is 10.5. The molecule has 1 heterocycles. The molecule has 0 spiro atoms. The molecule has 1 saturated carbocycles. The molecule has 1 unspecified atom stereocenters. The zero-order valence-corrected chi connectivity index (χ0v) is 17.7. The minimum atomic E-state index is -4.86. The van der Waals surface area contributed by atoms with E-state index in [4.69, 9.17) is 4.52 Å². The van der Waals surface area contributed by atoms with E-state index < -0.39 is 42.6 Å². The molecule has 34 heavy (non-hydrogen) atoms. The smallest absolute Gasteiger partial charge is 0.393 e. The fraction of sp³-hybridized carbons (Fsp3) is 0.524. The van der Waals surface area contributed by atoms with Crippen LogP contribution in [0.1, 0.15) is 47.3 Å². The number of amides is 1. The molecular formula is C21H23F6N3O4. The van der Waals surface area contributed by atoms with E-state index in [-0.39, 0.29) is 35.2 Å². The van der Waals surface area contributed by atoms with E-state index in [1.165, 1.54) is 0 Å². The van der Waals surface area contributed by atoms with Crippen LogP contribution in [-0.2, 0) is 12.7 Å². The number of carbonyl (C=O) groups is 1. The number of alkyl halides is 6. The quantitative estimate of drug-likeness (QED) is 0.439. The maximum absolute atomic E-state index is 12.9. The third-order valence-electron chi connectivity index (χ3n) is 5.48. The van der Waals surface area contributed by atoms with E-state index in [2.05, 4.69) is 15.8 Å². The van der Waals surface area contributed by atoms with Gasteiger partial charge in [0, 0.05) is 30.3 Å². The number of nitrogens with one attached hydrogen (secondary N) is 2. The Labute approximate surface area is 190 Å². The van der Waals surface area contributed by atoms with Crippen molar-refractivity contribution in [2.24, 2.45) is 0 Å². The highest BCUT2D eigenvalue weighted by Crippen LogP contribution is 2.33. The molecule has 0 aliphatic heterocycles. The van der Waals surface area contributed by atoms with Gasteiger partial charge in [0.15, 0.2) is 17.6 Å². The second-order valence-corrected chi connectivity index (χ2v) is 8.09. The number of aromatic nitrogens is 1. The van der Waals surface area contributed by atoms with Gasteiger partial charge in [0.05, 0.1) is 11.7 Å². The standard InChI is InChI=1S/C21H23F6N3O4/c22-20(23,24)12-6-4-11(5-7-12)18-15(9-28-10-16(32)21(25,26)27)17(30-34-18)19(33)29-13-2-1-3-14(31)8-13/h4-7,13-14,16,28,31-32H,1-3,8-10H2,(H,29,33)/t13-,14+,16?/m1/s1. The Hall–Kier alpha value is -2.64. The summed E-state index contributed by atoms with van der Waals surface area (Å²) in [4.78, 5) is 12.8. The molecule has 1 fully saturated rings. The van der Waals surface area contributed by atoms with E-state index in [0.717, 1.165) is 24.3 Å². The van der Waals surface area contributed by atoms with Gasteiger partial charge < -0.3 is 25.4 Å². The van der Waals surface area contributed by atoms with Gasteiger partial charge in [-0.1, -0.05) is 17.3 Å². The van der Waals surface area contributed by atoms with Crippen molar-refractivity contribution in [3.05, 3.63) is 41.1 Å². The number of rotatable bonds is 7. The van der Waals surface area contributed by atoms with Crippen LogP contribution in [0, 0.1) is 0 Å². The molecule has 1 aliphatic rings. The summed E-state index contributed by atoms with van der Waals surface area (Å²) in [5, 5.41) is 27.8. The van der Waals surface area contributed by atoms with Crippen LogP contribution in [0.15, 0.2) is 28.8 Å². The van der Waals surface area contributed by atoms with Crippen molar-refractivity contribution in [1.82, 2.24) is 15.8 Å². The van der Waals surface area contributed by atoms with Crippen LogP contribution in [0.5, 0.6) is 0 Å². The lowest BCUT2D eigenvalue weighted by Gasteiger charge is -2.26. The van der Waals surface area contributed by atoms with Crippen LogP contribution < -0.4 is 10.6 Å². The molecule has 1 aromatic heterocycles. The zero-order valence-electron chi connectivity index (χ0n) is 17.7. The van der Waals surface area contributed by atoms with Gasteiger partial charge in [0.2, 0.25) is 0 Å². The van der Waals surface area contributed by atoms with Crippen molar-refractivity contribution in [2.45, 2.75) is 62.8 Å². The maximum atomic E-state index is 12.9. The van der Waals surface area contributed by atoms with Crippen molar-refractivity contribution >= 4 is 5.91 Å². The van der Waals surface area contributed by atoms with E-state index in [0.29, 0.717) is 25.7 Å². The van der Waals surface area contributed by atoms with E-state index >= 15 is 0 Å². The topological polar surface area (TPSA) is 108 Å². The number of aliphatic hydroxyl groups excluding tert-OH is 2. The van der Waals surface area contributed by atoms with Gasteiger partial charge >= 0.3 is 12.4 Å². The van der Waals surface area contributed by atoms with Crippen molar-refractivity contribution in [2.75, 3.05) is 6.54 Å². The Morgan fingerprint density at radius 1 is 1.15 bits per heavy atom. The first-order valence-electron chi connectivity index (χ1n) is 10.5.